The Morgan fingerprint density at radius 2 is 1.65 bits per heavy atom. The van der Waals surface area contributed by atoms with Crippen LogP contribution in [0.1, 0.15) is 47.8 Å². The molecule has 9 heteroatoms. The molecule has 8 nitrogen and oxygen atoms in total. The molecule has 0 radical (unpaired) electrons. The fraction of sp³-hybridized carbons (Fsp3) is 0.290. The molecular weight excluding hydrogens is 524 g/mol. The molecule has 3 aromatic carbocycles. The van der Waals surface area contributed by atoms with Crippen LogP contribution in [0.15, 0.2) is 82.8 Å². The van der Waals surface area contributed by atoms with Crippen LogP contribution in [-0.4, -0.2) is 48.6 Å². The average molecular weight is 559 g/mol. The van der Waals surface area contributed by atoms with Crippen LogP contribution in [0, 0.1) is 0 Å². The molecule has 0 aromatic heterocycles. The van der Waals surface area contributed by atoms with Gasteiger partial charge in [-0.05, 0) is 75.1 Å². The Morgan fingerprint density at radius 3 is 2.33 bits per heavy atom. The summed E-state index contributed by atoms with van der Waals surface area (Å²) in [6, 6.07) is 22.8. The van der Waals surface area contributed by atoms with Gasteiger partial charge in [-0.25, -0.2) is 15.0 Å². The normalized spacial score (nSPS) is 13.8. The van der Waals surface area contributed by atoms with Gasteiger partial charge in [0, 0.05) is 28.3 Å². The lowest BCUT2D eigenvalue weighted by Gasteiger charge is -2.19. The molecule has 0 fully saturated rings. The molecule has 4 rings (SSSR count). The first kappa shape index (κ1) is 28.9. The predicted molar refractivity (Wildman–Crippen MR) is 159 cm³/mol. The van der Waals surface area contributed by atoms with Crippen LogP contribution in [0.5, 0.6) is 0 Å². The van der Waals surface area contributed by atoms with Crippen molar-refractivity contribution in [3.05, 3.63) is 95.1 Å². The molecule has 0 saturated carbocycles. The minimum atomic E-state index is -0.471. The minimum absolute atomic E-state index is 0.216. The van der Waals surface area contributed by atoms with E-state index in [1.807, 2.05) is 81.4 Å². The van der Waals surface area contributed by atoms with Crippen LogP contribution in [0.25, 0.3) is 0 Å². The Labute approximate surface area is 239 Å². The third-order valence-electron chi connectivity index (χ3n) is 6.22. The molecule has 1 aliphatic rings. The second-order valence-electron chi connectivity index (χ2n) is 10.4. The number of nitrogens with one attached hydrogen (secondary N) is 2. The zero-order chi connectivity index (χ0) is 28.7. The standard InChI is InChI=1S/C31H34N4O4S/c1-31(2,3)32-30(38)34-33-27-25-20-24(40-19-17-22-10-12-23(13-11-22)29(37)39-4)14-15-26(25)35(28(27)36)18-16-21-8-6-5-7-9-21/h5-15,20H,16-19H2,1-4H3,(H2,32,34,38)/b33-27-. The number of hydrogen-bond donors (Lipinski definition) is 2. The molecule has 3 amide bonds. The maximum Gasteiger partial charge on any atom is 0.337 e. The van der Waals surface area contributed by atoms with Crippen LogP contribution in [0.3, 0.4) is 0 Å². The number of esters is 1. The lowest BCUT2D eigenvalue weighted by Crippen LogP contribution is -2.45. The molecular formula is C31H34N4O4S. The molecule has 0 aliphatic carbocycles. The molecule has 0 saturated heterocycles. The Bertz CT molecular complexity index is 1400. The molecule has 0 bridgehead atoms. The molecule has 1 aliphatic heterocycles. The van der Waals surface area contributed by atoms with E-state index in [1.54, 1.807) is 28.8 Å². The van der Waals surface area contributed by atoms with E-state index in [0.717, 1.165) is 33.9 Å². The number of fused-ring (bicyclic) bond motifs is 1. The third-order valence-corrected chi connectivity index (χ3v) is 7.22. The van der Waals surface area contributed by atoms with Gasteiger partial charge in [0.15, 0.2) is 5.71 Å². The summed E-state index contributed by atoms with van der Waals surface area (Å²) >= 11 is 1.67. The molecule has 0 spiro atoms. The highest BCUT2D eigenvalue weighted by molar-refractivity contribution is 7.99. The van der Waals surface area contributed by atoms with Crippen molar-refractivity contribution in [1.82, 2.24) is 10.7 Å². The average Bonchev–Trinajstić information content (AvgIpc) is 3.19. The number of carbonyl (C=O) groups excluding carboxylic acids is 3. The van der Waals surface area contributed by atoms with Crippen molar-refractivity contribution in [1.29, 1.82) is 0 Å². The summed E-state index contributed by atoms with van der Waals surface area (Å²) in [7, 11) is 1.37. The third kappa shape index (κ3) is 7.51. The highest BCUT2D eigenvalue weighted by Crippen LogP contribution is 2.33. The number of amides is 3. The number of hydrogen-bond acceptors (Lipinski definition) is 6. The largest absolute Gasteiger partial charge is 0.465 e. The first-order valence-corrected chi connectivity index (χ1v) is 14.1. The second-order valence-corrected chi connectivity index (χ2v) is 11.6. The van der Waals surface area contributed by atoms with Gasteiger partial charge < -0.3 is 15.0 Å². The molecule has 1 heterocycles. The summed E-state index contributed by atoms with van der Waals surface area (Å²) in [5.74, 6) is 0.213. The van der Waals surface area contributed by atoms with Crippen molar-refractivity contribution < 1.29 is 19.1 Å². The van der Waals surface area contributed by atoms with Crippen molar-refractivity contribution in [2.24, 2.45) is 5.10 Å². The van der Waals surface area contributed by atoms with Crippen LogP contribution in [-0.2, 0) is 22.4 Å². The summed E-state index contributed by atoms with van der Waals surface area (Å²) in [5.41, 5.74) is 6.52. The van der Waals surface area contributed by atoms with Gasteiger partial charge in [-0.2, -0.15) is 5.10 Å². The van der Waals surface area contributed by atoms with E-state index in [4.69, 9.17) is 4.74 Å². The summed E-state index contributed by atoms with van der Waals surface area (Å²) in [6.07, 6.45) is 1.50. The van der Waals surface area contributed by atoms with E-state index in [0.29, 0.717) is 24.1 Å². The number of hydrazone groups is 1. The van der Waals surface area contributed by atoms with Gasteiger partial charge in [0.2, 0.25) is 0 Å². The van der Waals surface area contributed by atoms with E-state index in [-0.39, 0.29) is 17.6 Å². The molecule has 3 aromatic rings. The summed E-state index contributed by atoms with van der Waals surface area (Å²) in [5, 5.41) is 7.05. The van der Waals surface area contributed by atoms with E-state index >= 15 is 0 Å². The Balaban J connectivity index is 1.49. The lowest BCUT2D eigenvalue weighted by molar-refractivity contribution is -0.112. The summed E-state index contributed by atoms with van der Waals surface area (Å²) < 4.78 is 4.76. The number of urea groups is 1. The highest BCUT2D eigenvalue weighted by atomic mass is 32.2. The topological polar surface area (TPSA) is 100 Å². The zero-order valence-electron chi connectivity index (χ0n) is 23.2. The maximum absolute atomic E-state index is 13.5. The van der Waals surface area contributed by atoms with E-state index in [2.05, 4.69) is 15.8 Å². The van der Waals surface area contributed by atoms with Gasteiger partial charge in [0.05, 0.1) is 18.4 Å². The molecule has 40 heavy (non-hydrogen) atoms. The van der Waals surface area contributed by atoms with Gasteiger partial charge in [-0.1, -0.05) is 42.5 Å². The van der Waals surface area contributed by atoms with Crippen molar-refractivity contribution in [2.45, 2.75) is 44.0 Å². The van der Waals surface area contributed by atoms with Crippen LogP contribution < -0.4 is 15.6 Å². The van der Waals surface area contributed by atoms with Crippen LogP contribution in [0.2, 0.25) is 0 Å². The summed E-state index contributed by atoms with van der Waals surface area (Å²) in [6.45, 7) is 6.12. The number of methoxy groups -OCH3 is 1. The SMILES string of the molecule is COC(=O)c1ccc(CCSc2ccc3c(c2)/C(=N/NC(=O)NC(C)(C)C)C(=O)N3CCc2ccccc2)cc1. The molecule has 0 unspecified atom stereocenters. The van der Waals surface area contributed by atoms with Crippen molar-refractivity contribution in [3.8, 4) is 0 Å². The number of nitrogens with zero attached hydrogens (tertiary/aromatic N) is 2. The number of benzene rings is 3. The Hall–Kier alpha value is -4.11. The smallest absolute Gasteiger partial charge is 0.337 e. The molecule has 0 atom stereocenters. The second kappa shape index (κ2) is 12.8. The number of carbonyl (C=O) groups is 3. The van der Waals surface area contributed by atoms with Gasteiger partial charge in [-0.3, -0.25) is 4.79 Å². The Kier molecular flexibility index (Phi) is 9.26. The monoisotopic (exact) mass is 558 g/mol. The number of aryl methyl sites for hydroxylation is 1. The fourth-order valence-corrected chi connectivity index (χ4v) is 5.22. The van der Waals surface area contributed by atoms with Gasteiger partial charge in [0.1, 0.15) is 0 Å². The number of anilines is 1. The Morgan fingerprint density at radius 1 is 0.950 bits per heavy atom. The zero-order valence-corrected chi connectivity index (χ0v) is 24.0. The van der Waals surface area contributed by atoms with E-state index in [1.165, 1.54) is 7.11 Å². The first-order chi connectivity index (χ1) is 19.1. The number of thioether (sulfide) groups is 1. The van der Waals surface area contributed by atoms with E-state index in [9.17, 15) is 14.4 Å². The van der Waals surface area contributed by atoms with Crippen molar-refractivity contribution in [2.75, 3.05) is 24.3 Å². The van der Waals surface area contributed by atoms with E-state index < -0.39 is 11.6 Å². The number of ether oxygens (including phenoxy) is 1. The highest BCUT2D eigenvalue weighted by Gasteiger charge is 2.34. The van der Waals surface area contributed by atoms with Crippen LogP contribution >= 0.6 is 11.8 Å². The fourth-order valence-electron chi connectivity index (χ4n) is 4.29. The summed E-state index contributed by atoms with van der Waals surface area (Å²) in [4.78, 5) is 40.2. The quantitative estimate of drug-likeness (QED) is 0.214. The van der Waals surface area contributed by atoms with Crippen molar-refractivity contribution >= 4 is 41.1 Å². The minimum Gasteiger partial charge on any atom is -0.465 e. The lowest BCUT2D eigenvalue weighted by atomic mass is 10.1. The van der Waals surface area contributed by atoms with Gasteiger partial charge in [-0.15, -0.1) is 11.8 Å². The van der Waals surface area contributed by atoms with Gasteiger partial charge in [0.25, 0.3) is 5.91 Å². The predicted octanol–water partition coefficient (Wildman–Crippen LogP) is 5.20. The van der Waals surface area contributed by atoms with Crippen molar-refractivity contribution in [3.63, 3.8) is 0 Å². The van der Waals surface area contributed by atoms with Gasteiger partial charge >= 0.3 is 12.0 Å². The van der Waals surface area contributed by atoms with Crippen LogP contribution in [0.4, 0.5) is 10.5 Å². The maximum atomic E-state index is 13.5. The number of rotatable bonds is 9. The molecule has 208 valence electrons. The first-order valence-electron chi connectivity index (χ1n) is 13.1. The molecule has 2 N–H and O–H groups in total.